The standard InChI is InChI=1S/C40H30N4O4/c45-37-32-24-6-7-25(18-24)33(32)38(46)43(37)28-14-10-22(11-15-28)31-20-30(21-4-2-1-3-5-21)41-36(42-31)23-12-16-29(17-13-23)44-39(47)34-26-8-9-27(19-26)35(34)40(44)48/h1-17,20,24-27,32-35H,18-19H2. The van der Waals surface area contributed by atoms with Gasteiger partial charge in [-0.3, -0.25) is 29.0 Å². The maximum absolute atomic E-state index is 13.4. The molecule has 2 aliphatic heterocycles. The highest BCUT2D eigenvalue weighted by molar-refractivity contribution is 6.23. The minimum Gasteiger partial charge on any atom is -0.274 e. The van der Waals surface area contributed by atoms with E-state index in [2.05, 4.69) is 24.3 Å². The lowest BCUT2D eigenvalue weighted by Crippen LogP contribution is -2.32. The third-order valence-electron chi connectivity index (χ3n) is 11.5. The van der Waals surface area contributed by atoms with Crippen molar-refractivity contribution in [3.8, 4) is 33.9 Å². The zero-order chi connectivity index (χ0) is 32.3. The molecular weight excluding hydrogens is 600 g/mol. The maximum Gasteiger partial charge on any atom is 0.238 e. The minimum atomic E-state index is -0.250. The Balaban J connectivity index is 0.972. The van der Waals surface area contributed by atoms with Crippen LogP contribution in [0.3, 0.4) is 0 Å². The first-order valence-corrected chi connectivity index (χ1v) is 16.7. The number of hydrogen-bond acceptors (Lipinski definition) is 6. The fraction of sp³-hybridized carbons (Fsp3) is 0.250. The van der Waals surface area contributed by atoms with Gasteiger partial charge in [0.1, 0.15) is 0 Å². The van der Waals surface area contributed by atoms with E-state index in [-0.39, 0.29) is 71.0 Å². The molecule has 234 valence electrons. The summed E-state index contributed by atoms with van der Waals surface area (Å²) in [6.45, 7) is 0. The molecule has 0 radical (unpaired) electrons. The highest BCUT2D eigenvalue weighted by Gasteiger charge is 2.60. The molecule has 4 bridgehead atoms. The molecule has 3 heterocycles. The Bertz CT molecular complexity index is 1930. The number of amides is 4. The molecule has 1 aromatic heterocycles. The molecule has 4 aromatic rings. The summed E-state index contributed by atoms with van der Waals surface area (Å²) in [4.78, 5) is 66.1. The highest BCUT2D eigenvalue weighted by Crippen LogP contribution is 2.54. The molecule has 8 heteroatoms. The second-order valence-electron chi connectivity index (χ2n) is 13.9. The normalized spacial score (nSPS) is 30.7. The molecule has 0 N–H and O–H groups in total. The Kier molecular flexibility index (Phi) is 5.75. The summed E-state index contributed by atoms with van der Waals surface area (Å²) in [6.07, 6.45) is 10.2. The van der Waals surface area contributed by atoms with Crippen LogP contribution in [0.1, 0.15) is 12.8 Å². The van der Waals surface area contributed by atoms with Crippen LogP contribution in [0.15, 0.2) is 109 Å². The van der Waals surface area contributed by atoms with E-state index in [0.717, 1.165) is 35.2 Å². The summed E-state index contributed by atoms with van der Waals surface area (Å²) in [5.74, 6) is -0.257. The summed E-state index contributed by atoms with van der Waals surface area (Å²) >= 11 is 0. The van der Waals surface area contributed by atoms with E-state index in [1.807, 2.05) is 72.8 Å². The second-order valence-corrected chi connectivity index (χ2v) is 13.9. The number of carbonyl (C=O) groups excluding carboxylic acids is 4. The first-order valence-electron chi connectivity index (χ1n) is 16.7. The molecule has 3 aromatic carbocycles. The number of carbonyl (C=O) groups is 4. The molecule has 0 spiro atoms. The van der Waals surface area contributed by atoms with Crippen molar-refractivity contribution < 1.29 is 19.2 Å². The topological polar surface area (TPSA) is 101 Å². The van der Waals surface area contributed by atoms with Crippen molar-refractivity contribution in [3.63, 3.8) is 0 Å². The predicted molar refractivity (Wildman–Crippen MR) is 179 cm³/mol. The average molecular weight is 631 g/mol. The van der Waals surface area contributed by atoms with Crippen LogP contribution in [0, 0.1) is 47.3 Å². The van der Waals surface area contributed by atoms with Crippen LogP contribution in [0.5, 0.6) is 0 Å². The van der Waals surface area contributed by atoms with Crippen LogP contribution in [0.4, 0.5) is 11.4 Å². The summed E-state index contributed by atoms with van der Waals surface area (Å²) in [6, 6.07) is 26.6. The van der Waals surface area contributed by atoms with Gasteiger partial charge in [-0.05, 0) is 79.0 Å². The molecule has 8 nitrogen and oxygen atoms in total. The number of rotatable bonds is 5. The van der Waals surface area contributed by atoms with Crippen LogP contribution in [-0.4, -0.2) is 33.6 Å². The van der Waals surface area contributed by atoms with Gasteiger partial charge in [-0.15, -0.1) is 0 Å². The second kappa shape index (κ2) is 10.0. The van der Waals surface area contributed by atoms with E-state index in [9.17, 15) is 19.2 Å². The van der Waals surface area contributed by atoms with Crippen LogP contribution < -0.4 is 9.80 Å². The summed E-state index contributed by atoms with van der Waals surface area (Å²) in [5.41, 5.74) is 5.07. The third-order valence-corrected chi connectivity index (χ3v) is 11.5. The van der Waals surface area contributed by atoms with Crippen molar-refractivity contribution in [1.82, 2.24) is 9.97 Å². The molecule has 2 saturated carbocycles. The van der Waals surface area contributed by atoms with Crippen LogP contribution in [-0.2, 0) is 19.2 Å². The first kappa shape index (κ1) is 27.6. The third kappa shape index (κ3) is 3.83. The SMILES string of the molecule is O=C1C2C3C=CC(C3)C2C(=O)N1c1ccc(-c2cc(-c3ccccc3)nc(-c3ccc(N4C(=O)C5C6C=CC(C6)C5C4=O)cc3)n2)cc1. The number of nitrogens with zero attached hydrogens (tertiary/aromatic N) is 4. The largest absolute Gasteiger partial charge is 0.274 e. The number of imide groups is 2. The smallest absolute Gasteiger partial charge is 0.238 e. The predicted octanol–water partition coefficient (Wildman–Crippen LogP) is 6.10. The van der Waals surface area contributed by atoms with E-state index in [4.69, 9.17) is 9.97 Å². The monoisotopic (exact) mass is 630 g/mol. The molecular formula is C40H30N4O4. The Morgan fingerprint density at radius 2 is 0.833 bits per heavy atom. The number of fused-ring (bicyclic) bond motifs is 10. The highest BCUT2D eigenvalue weighted by atomic mass is 16.2. The van der Waals surface area contributed by atoms with Gasteiger partial charge < -0.3 is 0 Å². The minimum absolute atomic E-state index is 0.0988. The molecule has 6 aliphatic rings. The average Bonchev–Trinajstić information content (AvgIpc) is 3.98. The van der Waals surface area contributed by atoms with E-state index < -0.39 is 0 Å². The van der Waals surface area contributed by atoms with Gasteiger partial charge in [0.2, 0.25) is 23.6 Å². The molecule has 10 rings (SSSR count). The van der Waals surface area contributed by atoms with Crippen LogP contribution in [0.25, 0.3) is 33.9 Å². The lowest BCUT2D eigenvalue weighted by molar-refractivity contribution is -0.124. The number of aromatic nitrogens is 2. The molecule has 4 aliphatic carbocycles. The van der Waals surface area contributed by atoms with E-state index in [0.29, 0.717) is 22.9 Å². The summed E-state index contributed by atoms with van der Waals surface area (Å²) in [5, 5.41) is 0. The molecule has 48 heavy (non-hydrogen) atoms. The van der Waals surface area contributed by atoms with E-state index >= 15 is 0 Å². The van der Waals surface area contributed by atoms with Gasteiger partial charge in [0, 0.05) is 16.7 Å². The van der Waals surface area contributed by atoms with E-state index in [1.54, 1.807) is 12.1 Å². The molecule has 4 fully saturated rings. The summed E-state index contributed by atoms with van der Waals surface area (Å²) < 4.78 is 0. The number of benzene rings is 3. The molecule has 4 amide bonds. The fourth-order valence-corrected chi connectivity index (χ4v) is 9.34. The van der Waals surface area contributed by atoms with Crippen molar-refractivity contribution in [2.24, 2.45) is 47.3 Å². The Morgan fingerprint density at radius 3 is 1.25 bits per heavy atom. The van der Waals surface area contributed by atoms with Crippen LogP contribution in [0.2, 0.25) is 0 Å². The quantitative estimate of drug-likeness (QED) is 0.195. The Labute approximate surface area is 276 Å². The lowest BCUT2D eigenvalue weighted by Gasteiger charge is -2.18. The van der Waals surface area contributed by atoms with Gasteiger partial charge >= 0.3 is 0 Å². The summed E-state index contributed by atoms with van der Waals surface area (Å²) in [7, 11) is 0. The van der Waals surface area contributed by atoms with Crippen molar-refractivity contribution in [3.05, 3.63) is 109 Å². The van der Waals surface area contributed by atoms with Gasteiger partial charge in [0.15, 0.2) is 5.82 Å². The molecule has 8 atom stereocenters. The van der Waals surface area contributed by atoms with Gasteiger partial charge in [-0.2, -0.15) is 0 Å². The van der Waals surface area contributed by atoms with Crippen molar-refractivity contribution >= 4 is 35.0 Å². The maximum atomic E-state index is 13.4. The molecule has 8 unspecified atom stereocenters. The molecule has 2 saturated heterocycles. The van der Waals surface area contributed by atoms with Gasteiger partial charge in [-0.1, -0.05) is 66.8 Å². The fourth-order valence-electron chi connectivity index (χ4n) is 9.34. The Hall–Kier alpha value is -5.50. The first-order chi connectivity index (χ1) is 23.4. The van der Waals surface area contributed by atoms with Gasteiger partial charge in [0.05, 0.1) is 46.4 Å². The van der Waals surface area contributed by atoms with Crippen molar-refractivity contribution in [2.45, 2.75) is 12.8 Å². The van der Waals surface area contributed by atoms with Gasteiger partial charge in [0.25, 0.3) is 0 Å². The van der Waals surface area contributed by atoms with E-state index in [1.165, 1.54) is 9.80 Å². The van der Waals surface area contributed by atoms with Gasteiger partial charge in [-0.25, -0.2) is 9.97 Å². The van der Waals surface area contributed by atoms with Crippen molar-refractivity contribution in [1.29, 1.82) is 0 Å². The van der Waals surface area contributed by atoms with Crippen molar-refractivity contribution in [2.75, 3.05) is 9.80 Å². The number of allylic oxidation sites excluding steroid dienone is 4. The zero-order valence-electron chi connectivity index (χ0n) is 25.8. The zero-order valence-corrected chi connectivity index (χ0v) is 25.8. The Morgan fingerprint density at radius 1 is 0.458 bits per heavy atom. The number of anilines is 2. The number of hydrogen-bond donors (Lipinski definition) is 0. The lowest BCUT2D eigenvalue weighted by atomic mass is 9.85. The van der Waals surface area contributed by atoms with Crippen LogP contribution >= 0.6 is 0 Å².